The zero-order valence-electron chi connectivity index (χ0n) is 4.23. The molecule has 0 aliphatic rings. The fraction of sp³-hybridized carbons (Fsp3) is 1.00. The molecule has 0 atom stereocenters. The van der Waals surface area contributed by atoms with Crippen LogP contribution in [0.15, 0.2) is 0 Å². The molecule has 4 heteroatoms. The van der Waals surface area contributed by atoms with Crippen LogP contribution in [0.3, 0.4) is 0 Å². The molecule has 6 heavy (non-hydrogen) atoms. The van der Waals surface area contributed by atoms with Gasteiger partial charge in [0.1, 0.15) is 10.5 Å². The molecule has 0 aromatic rings. The van der Waals surface area contributed by atoms with Gasteiger partial charge in [0.15, 0.2) is 9.76 Å². The third-order valence-corrected chi connectivity index (χ3v) is 2.70. The van der Waals surface area contributed by atoms with Crippen LogP contribution in [-0.4, -0.2) is 33.6 Å². The van der Waals surface area contributed by atoms with E-state index in [-0.39, 0.29) is 9.76 Å². The normalized spacial score (nSPS) is 11.5. The van der Waals surface area contributed by atoms with Gasteiger partial charge in [-0.05, 0) is 0 Å². The van der Waals surface area contributed by atoms with Crippen LogP contribution in [0, 0.1) is 0 Å². The summed E-state index contributed by atoms with van der Waals surface area (Å²) in [5.74, 6) is 0. The molecular weight excluding hydrogens is 112 g/mol. The van der Waals surface area contributed by atoms with Crippen molar-refractivity contribution < 1.29 is 8.85 Å². The lowest BCUT2D eigenvalue weighted by atomic mass is 11.5. The van der Waals surface area contributed by atoms with Crippen molar-refractivity contribution in [3.63, 3.8) is 0 Å². The molecule has 38 valence electrons. The molecule has 0 unspecified atom stereocenters. The van der Waals surface area contributed by atoms with E-state index < -0.39 is 0 Å². The molecule has 0 radical (unpaired) electrons. The summed E-state index contributed by atoms with van der Waals surface area (Å²) in [5, 5.41) is 0. The summed E-state index contributed by atoms with van der Waals surface area (Å²) in [7, 11) is 2.35. The highest BCUT2D eigenvalue weighted by molar-refractivity contribution is 6.33. The number of rotatable bonds is 3. The zero-order valence-corrected chi connectivity index (χ0v) is 7.64. The van der Waals surface area contributed by atoms with E-state index in [2.05, 4.69) is 0 Å². The quantitative estimate of drug-likeness (QED) is 0.317. The highest BCUT2D eigenvalue weighted by Crippen LogP contribution is 1.60. The molecule has 0 saturated carbocycles. The molecule has 0 aliphatic carbocycles. The second kappa shape index (κ2) is 5.35. The van der Waals surface area contributed by atoms with E-state index >= 15 is 0 Å². The maximum atomic E-state index is 4.93. The number of methoxy groups -OCH3 is 1. The molecule has 0 fully saturated rings. The summed E-state index contributed by atoms with van der Waals surface area (Å²) < 4.78 is 9.68. The van der Waals surface area contributed by atoms with Crippen molar-refractivity contribution in [2.75, 3.05) is 13.3 Å². The third-order valence-electron chi connectivity index (χ3n) is 0.492. The Kier molecular flexibility index (Phi) is 5.67. The minimum Gasteiger partial charge on any atom is -0.466 e. The largest absolute Gasteiger partial charge is 0.466 e. The summed E-state index contributed by atoms with van der Waals surface area (Å²) in [5.41, 5.74) is 0. The van der Waals surface area contributed by atoms with Crippen molar-refractivity contribution in [3.05, 3.63) is 0 Å². The predicted molar refractivity (Wildman–Crippen MR) is 31.4 cm³/mol. The smallest absolute Gasteiger partial charge is 0.171 e. The summed E-state index contributed by atoms with van der Waals surface area (Å²) in [6.07, 6.45) is 0.865. The lowest BCUT2D eigenvalue weighted by Crippen LogP contribution is -2.02. The Balaban J connectivity index is 2.34. The maximum absolute atomic E-state index is 4.93. The Labute approximate surface area is 43.3 Å². The van der Waals surface area contributed by atoms with Crippen molar-refractivity contribution in [2.24, 2.45) is 0 Å². The molecule has 0 aliphatic heterocycles. The van der Waals surface area contributed by atoms with Crippen LogP contribution in [0.5, 0.6) is 0 Å². The summed E-state index contributed by atoms with van der Waals surface area (Å²) in [4.78, 5) is 0. The molecule has 0 aromatic carbocycles. The van der Waals surface area contributed by atoms with Gasteiger partial charge in [-0.25, -0.2) is 0 Å². The lowest BCUT2D eigenvalue weighted by molar-refractivity contribution is 0.244. The summed E-state index contributed by atoms with van der Waals surface area (Å²) in [6.45, 7) is 0. The monoisotopic (exact) mass is 122 g/mol. The molecule has 0 spiro atoms. The second-order valence-electron chi connectivity index (χ2n) is 0.986. The molecule has 0 rings (SSSR count). The van der Waals surface area contributed by atoms with Gasteiger partial charge in [-0.1, -0.05) is 0 Å². The highest BCUT2D eigenvalue weighted by atomic mass is 28.3. The second-order valence-corrected chi connectivity index (χ2v) is 4.11. The van der Waals surface area contributed by atoms with Crippen LogP contribution < -0.4 is 0 Å². The van der Waals surface area contributed by atoms with Gasteiger partial charge >= 0.3 is 0 Å². The van der Waals surface area contributed by atoms with Crippen molar-refractivity contribution in [1.82, 2.24) is 0 Å². The zero-order chi connectivity index (χ0) is 4.83. The van der Waals surface area contributed by atoms with Gasteiger partial charge < -0.3 is 8.85 Å². The predicted octanol–water partition coefficient (Wildman–Crippen LogP) is -2.03. The molecule has 0 heterocycles. The van der Waals surface area contributed by atoms with Gasteiger partial charge in [0.2, 0.25) is 0 Å². The Morgan fingerprint density at radius 2 is 2.50 bits per heavy atom. The molecule has 0 amide bonds. The Bertz CT molecular complexity index is 21.5. The van der Waals surface area contributed by atoms with Gasteiger partial charge in [-0.15, -0.1) is 0 Å². The maximum Gasteiger partial charge on any atom is 0.171 e. The lowest BCUT2D eigenvalue weighted by Gasteiger charge is -1.91. The molecule has 0 N–H and O–H groups in total. The van der Waals surface area contributed by atoms with E-state index in [1.807, 2.05) is 0 Å². The van der Waals surface area contributed by atoms with Crippen molar-refractivity contribution in [2.45, 2.75) is 0 Å². The Morgan fingerprint density at radius 1 is 1.83 bits per heavy atom. The highest BCUT2D eigenvalue weighted by Gasteiger charge is 1.75. The van der Waals surface area contributed by atoms with Gasteiger partial charge in [0.25, 0.3) is 0 Å². The van der Waals surface area contributed by atoms with Gasteiger partial charge in [0.05, 0.1) is 6.23 Å². The average molecular weight is 122 g/mol. The third kappa shape index (κ3) is 4.35. The first-order valence-electron chi connectivity index (χ1n) is 1.89. The van der Waals surface area contributed by atoms with E-state index in [1.54, 1.807) is 7.11 Å². The molecule has 0 aromatic heterocycles. The van der Waals surface area contributed by atoms with Crippen molar-refractivity contribution in [3.8, 4) is 0 Å². The van der Waals surface area contributed by atoms with Gasteiger partial charge in [-0.3, -0.25) is 0 Å². The molecule has 0 saturated heterocycles. The number of ether oxygens (including phenoxy) is 1. The fourth-order valence-corrected chi connectivity index (χ4v) is 1.00. The Hall–Kier alpha value is 0.354. The van der Waals surface area contributed by atoms with Crippen LogP contribution in [-0.2, 0) is 8.85 Å². The average Bonchev–Trinajstić information content (AvgIpc) is 1.61. The van der Waals surface area contributed by atoms with Crippen molar-refractivity contribution in [1.29, 1.82) is 0 Å². The van der Waals surface area contributed by atoms with Crippen molar-refractivity contribution >= 4 is 20.2 Å². The minimum absolute atomic E-state index is 0.239. The van der Waals surface area contributed by atoms with E-state index in [0.717, 1.165) is 16.7 Å². The first kappa shape index (κ1) is 6.35. The van der Waals surface area contributed by atoms with Crippen LogP contribution in [0.25, 0.3) is 0 Å². The SMILES string of the molecule is COC[SiH2]O[SiH3]. The fourth-order valence-electron chi connectivity index (χ4n) is 0.167. The Morgan fingerprint density at radius 3 is 2.67 bits per heavy atom. The molecule has 2 nitrogen and oxygen atoms in total. The summed E-state index contributed by atoms with van der Waals surface area (Å²) in [6, 6.07) is 0. The summed E-state index contributed by atoms with van der Waals surface area (Å²) >= 11 is 0. The van der Waals surface area contributed by atoms with E-state index in [4.69, 9.17) is 8.85 Å². The van der Waals surface area contributed by atoms with Crippen LogP contribution in [0.4, 0.5) is 0 Å². The van der Waals surface area contributed by atoms with Gasteiger partial charge in [0, 0.05) is 7.11 Å². The van der Waals surface area contributed by atoms with E-state index in [9.17, 15) is 0 Å². The minimum atomic E-state index is -0.239. The topological polar surface area (TPSA) is 18.5 Å². The number of hydrogen-bond acceptors (Lipinski definition) is 2. The first-order valence-corrected chi connectivity index (χ1v) is 4.29. The van der Waals surface area contributed by atoms with Crippen LogP contribution >= 0.6 is 0 Å². The molecule has 0 bridgehead atoms. The van der Waals surface area contributed by atoms with Crippen LogP contribution in [0.1, 0.15) is 0 Å². The van der Waals surface area contributed by atoms with Gasteiger partial charge in [-0.2, -0.15) is 0 Å². The van der Waals surface area contributed by atoms with E-state index in [1.165, 1.54) is 0 Å². The standard InChI is InChI=1S/C2H10O2Si2/c1-3-2-6-4-5/h2,6H2,1,5H3. The van der Waals surface area contributed by atoms with E-state index in [0.29, 0.717) is 0 Å². The molecular formula is C2H10O2Si2. The van der Waals surface area contributed by atoms with Crippen LogP contribution in [0.2, 0.25) is 0 Å². The number of hydrogen-bond donors (Lipinski definition) is 0. The first-order chi connectivity index (χ1) is 2.91.